The molecule has 6 heteroatoms. The average molecular weight is 891 g/mol. The van der Waals surface area contributed by atoms with Crippen molar-refractivity contribution in [3.05, 3.63) is 151 Å². The summed E-state index contributed by atoms with van der Waals surface area (Å²) in [7, 11) is 0. The Morgan fingerprint density at radius 3 is 1.91 bits per heavy atom. The van der Waals surface area contributed by atoms with Crippen LogP contribution in [0, 0.1) is 18.8 Å². The molecule has 2 aromatic heterocycles. The third-order valence-corrected chi connectivity index (χ3v) is 10.2. The number of fused-ring (bicyclic) bond motifs is 4. The largest absolute Gasteiger partial charge is 0.509 e. The zero-order chi connectivity index (χ0) is 37.3. The maximum atomic E-state index is 6.58. The molecule has 0 aliphatic carbocycles. The number of benzene rings is 5. The molecule has 278 valence electrons. The first kappa shape index (κ1) is 37.5. The molecule has 0 fully saturated rings. The summed E-state index contributed by atoms with van der Waals surface area (Å²) in [5.41, 5.74) is 10.1. The molecule has 0 bridgehead atoms. The van der Waals surface area contributed by atoms with Crippen molar-refractivity contribution >= 4 is 44.6 Å². The van der Waals surface area contributed by atoms with Crippen LogP contribution in [0.25, 0.3) is 27.6 Å². The second kappa shape index (κ2) is 13.8. The SMILES string of the molecule is CC(C)(C)c1ccnc(-n2c3[c-]c(Oc4[c-]c(N5[CH-]N(c6c(C(C)(C)C)cccc6C(C)(C)C)c6ccccc65)ccc4)ccc3c3ccccc32)c1.[Pt]. The summed E-state index contributed by atoms with van der Waals surface area (Å²) in [6.07, 6.45) is 1.90. The van der Waals surface area contributed by atoms with Crippen LogP contribution in [0.15, 0.2) is 115 Å². The van der Waals surface area contributed by atoms with Crippen molar-refractivity contribution < 1.29 is 25.8 Å². The Balaban J connectivity index is 0.00000450. The van der Waals surface area contributed by atoms with Crippen LogP contribution in [0.3, 0.4) is 0 Å². The van der Waals surface area contributed by atoms with Crippen molar-refractivity contribution in [2.75, 3.05) is 9.80 Å². The van der Waals surface area contributed by atoms with Gasteiger partial charge in [0.25, 0.3) is 0 Å². The van der Waals surface area contributed by atoms with E-state index in [1.54, 1.807) is 0 Å². The zero-order valence-corrected chi connectivity index (χ0v) is 34.8. The third-order valence-electron chi connectivity index (χ3n) is 10.2. The van der Waals surface area contributed by atoms with Crippen LogP contribution < -0.4 is 14.5 Å². The van der Waals surface area contributed by atoms with Crippen molar-refractivity contribution in [1.29, 1.82) is 0 Å². The molecule has 0 spiro atoms. The Bertz CT molecular complexity index is 2460. The van der Waals surface area contributed by atoms with Crippen LogP contribution in [-0.2, 0) is 37.3 Å². The smallest absolute Gasteiger partial charge is 0.135 e. The molecule has 5 aromatic carbocycles. The number of pyridine rings is 1. The number of nitrogens with zero attached hydrogens (tertiary/aromatic N) is 4. The van der Waals surface area contributed by atoms with Gasteiger partial charge in [0.05, 0.1) is 0 Å². The van der Waals surface area contributed by atoms with Crippen LogP contribution in [0.4, 0.5) is 22.7 Å². The van der Waals surface area contributed by atoms with Gasteiger partial charge in [0.1, 0.15) is 5.82 Å². The molecule has 5 nitrogen and oxygen atoms in total. The first-order valence-corrected chi connectivity index (χ1v) is 18.5. The Hall–Kier alpha value is -4.86. The van der Waals surface area contributed by atoms with Gasteiger partial charge in [-0.1, -0.05) is 116 Å². The summed E-state index contributed by atoms with van der Waals surface area (Å²) in [4.78, 5) is 9.41. The predicted octanol–water partition coefficient (Wildman–Crippen LogP) is 12.9. The molecule has 0 saturated heterocycles. The number of aromatic nitrogens is 2. The van der Waals surface area contributed by atoms with E-state index in [4.69, 9.17) is 9.72 Å². The fraction of sp³-hybridized carbons (Fsp3) is 0.250. The van der Waals surface area contributed by atoms with Gasteiger partial charge < -0.3 is 19.1 Å². The number of hydrogen-bond acceptors (Lipinski definition) is 4. The van der Waals surface area contributed by atoms with Gasteiger partial charge in [-0.3, -0.25) is 0 Å². The predicted molar refractivity (Wildman–Crippen MR) is 220 cm³/mol. The van der Waals surface area contributed by atoms with Crippen molar-refractivity contribution in [3.8, 4) is 17.3 Å². The molecule has 3 heterocycles. The fourth-order valence-electron chi connectivity index (χ4n) is 7.43. The van der Waals surface area contributed by atoms with Gasteiger partial charge in [0.2, 0.25) is 0 Å². The van der Waals surface area contributed by atoms with E-state index in [0.29, 0.717) is 11.5 Å². The molecule has 0 saturated carbocycles. The van der Waals surface area contributed by atoms with Crippen LogP contribution in [0.5, 0.6) is 11.5 Å². The van der Waals surface area contributed by atoms with E-state index in [1.807, 2.05) is 24.4 Å². The minimum absolute atomic E-state index is 0. The minimum Gasteiger partial charge on any atom is -0.509 e. The van der Waals surface area contributed by atoms with Crippen LogP contribution in [0.1, 0.15) is 79.0 Å². The summed E-state index contributed by atoms with van der Waals surface area (Å²) in [5.74, 6) is 2.09. The molecule has 7 aromatic rings. The molecule has 1 aliphatic rings. The Morgan fingerprint density at radius 1 is 0.593 bits per heavy atom. The maximum Gasteiger partial charge on any atom is 0.135 e. The third kappa shape index (κ3) is 6.73. The second-order valence-electron chi connectivity index (χ2n) is 17.1. The van der Waals surface area contributed by atoms with Crippen molar-refractivity contribution in [1.82, 2.24) is 9.55 Å². The Kier molecular flexibility index (Phi) is 9.55. The van der Waals surface area contributed by atoms with Gasteiger partial charge in [-0.25, -0.2) is 4.98 Å². The van der Waals surface area contributed by atoms with E-state index in [0.717, 1.165) is 44.7 Å². The second-order valence-corrected chi connectivity index (χ2v) is 17.1. The van der Waals surface area contributed by atoms with E-state index < -0.39 is 0 Å². The minimum atomic E-state index is -0.0541. The molecular formula is C48H47N4OPt-3. The van der Waals surface area contributed by atoms with Crippen LogP contribution >= 0.6 is 0 Å². The first-order valence-electron chi connectivity index (χ1n) is 18.5. The fourth-order valence-corrected chi connectivity index (χ4v) is 7.43. The summed E-state index contributed by atoms with van der Waals surface area (Å²) >= 11 is 0. The quantitative estimate of drug-likeness (QED) is 0.161. The van der Waals surface area contributed by atoms with E-state index in [-0.39, 0.29) is 37.3 Å². The van der Waals surface area contributed by atoms with Gasteiger partial charge >= 0.3 is 0 Å². The van der Waals surface area contributed by atoms with Crippen molar-refractivity contribution in [2.24, 2.45) is 0 Å². The average Bonchev–Trinajstić information content (AvgIpc) is 3.66. The number of rotatable bonds is 5. The molecule has 0 N–H and O–H groups in total. The standard InChI is InChI=1S/C48H47N4O.Pt/c1-46(2,3)32-26-27-49-44(28-32)52-40-21-11-10-18-36(40)37-25-24-35(30-43(37)52)53-34-17-14-16-33(29-34)50-31-51(42-23-13-12-22-41(42)50)45-38(47(4,5)6)19-15-20-39(45)48(7,8)9;/h10-28,31H,1-9H3;/q-3;. The topological polar surface area (TPSA) is 33.5 Å². The van der Waals surface area contributed by atoms with Gasteiger partial charge in [-0.15, -0.1) is 48.1 Å². The molecule has 8 rings (SSSR count). The van der Waals surface area contributed by atoms with Crippen molar-refractivity contribution in [2.45, 2.75) is 78.6 Å². The molecule has 1 aliphatic heterocycles. The number of para-hydroxylation sites is 4. The van der Waals surface area contributed by atoms with E-state index in [2.05, 4.69) is 186 Å². The van der Waals surface area contributed by atoms with Crippen LogP contribution in [-0.4, -0.2) is 9.55 Å². The molecule has 54 heavy (non-hydrogen) atoms. The normalized spacial score (nSPS) is 13.4. The molecule has 0 amide bonds. The zero-order valence-electron chi connectivity index (χ0n) is 32.6. The number of anilines is 4. The maximum absolute atomic E-state index is 6.58. The van der Waals surface area contributed by atoms with E-state index >= 15 is 0 Å². The first-order chi connectivity index (χ1) is 25.2. The number of hydrogen-bond donors (Lipinski definition) is 0. The summed E-state index contributed by atoms with van der Waals surface area (Å²) < 4.78 is 8.77. The molecule has 0 unspecified atom stereocenters. The van der Waals surface area contributed by atoms with E-state index in [1.165, 1.54) is 22.4 Å². The Labute approximate surface area is 334 Å². The Morgan fingerprint density at radius 2 is 1.22 bits per heavy atom. The van der Waals surface area contributed by atoms with Crippen molar-refractivity contribution in [3.63, 3.8) is 0 Å². The van der Waals surface area contributed by atoms with Gasteiger partial charge in [-0.2, -0.15) is 12.1 Å². The molecular weight excluding hydrogens is 844 g/mol. The van der Waals surface area contributed by atoms with Crippen LogP contribution in [0.2, 0.25) is 0 Å². The monoisotopic (exact) mass is 890 g/mol. The molecule has 0 atom stereocenters. The van der Waals surface area contributed by atoms with E-state index in [9.17, 15) is 0 Å². The summed E-state index contributed by atoms with van der Waals surface area (Å²) in [6.45, 7) is 22.6. The number of ether oxygens (including phenoxy) is 1. The van der Waals surface area contributed by atoms with Gasteiger partial charge in [0.15, 0.2) is 0 Å². The summed E-state index contributed by atoms with van der Waals surface area (Å²) in [6, 6.07) is 45.5. The van der Waals surface area contributed by atoms with Gasteiger partial charge in [-0.05, 0) is 68.7 Å². The van der Waals surface area contributed by atoms with Gasteiger partial charge in [0, 0.05) is 61.3 Å². The summed E-state index contributed by atoms with van der Waals surface area (Å²) in [5, 5.41) is 2.25. The molecule has 0 radical (unpaired) electrons.